The van der Waals surface area contributed by atoms with Crippen molar-refractivity contribution >= 4 is 11.9 Å². The number of hydrazone groups is 1. The maximum atomic E-state index is 14.5. The summed E-state index contributed by atoms with van der Waals surface area (Å²) in [5.41, 5.74) is -3.85. The number of nitriles is 1. The number of hydrogen-bond acceptors (Lipinski definition) is 5. The third-order valence-corrected chi connectivity index (χ3v) is 5.41. The fourth-order valence-corrected chi connectivity index (χ4v) is 4.00. The molecule has 1 fully saturated rings. The Bertz CT molecular complexity index is 948. The van der Waals surface area contributed by atoms with Crippen molar-refractivity contribution in [3.05, 3.63) is 41.2 Å². The molecule has 7 nitrogen and oxygen atoms in total. The normalized spacial score (nSPS) is 24.2. The number of rotatable bonds is 2. The Kier molecular flexibility index (Phi) is 4.41. The Labute approximate surface area is 165 Å². The van der Waals surface area contributed by atoms with Crippen LogP contribution in [0.1, 0.15) is 31.2 Å². The van der Waals surface area contributed by atoms with E-state index in [0.29, 0.717) is 24.6 Å². The Morgan fingerprint density at radius 3 is 2.59 bits per heavy atom. The minimum absolute atomic E-state index is 0.110. The van der Waals surface area contributed by atoms with Crippen LogP contribution in [-0.2, 0) is 5.54 Å². The number of nitrogens with one attached hydrogen (secondary N) is 1. The summed E-state index contributed by atoms with van der Waals surface area (Å²) in [5.74, 6) is 0.759. The summed E-state index contributed by atoms with van der Waals surface area (Å²) in [4.78, 5) is 14.3. The molecule has 0 aliphatic carbocycles. The zero-order valence-corrected chi connectivity index (χ0v) is 15.6. The van der Waals surface area contributed by atoms with E-state index in [9.17, 15) is 23.2 Å². The van der Waals surface area contributed by atoms with E-state index in [1.54, 1.807) is 11.0 Å². The predicted octanol–water partition coefficient (Wildman–Crippen LogP) is 3.42. The Hall–Kier alpha value is -3.22. The average molecular weight is 405 g/mol. The van der Waals surface area contributed by atoms with Crippen molar-refractivity contribution < 1.29 is 22.7 Å². The van der Waals surface area contributed by atoms with Gasteiger partial charge in [-0.05, 0) is 30.5 Å². The van der Waals surface area contributed by atoms with Gasteiger partial charge in [0.2, 0.25) is 5.54 Å². The molecule has 1 saturated heterocycles. The average Bonchev–Trinajstić information content (AvgIpc) is 2.90. The summed E-state index contributed by atoms with van der Waals surface area (Å²) >= 11 is 0. The van der Waals surface area contributed by atoms with Gasteiger partial charge in [-0.2, -0.15) is 23.4 Å². The van der Waals surface area contributed by atoms with Gasteiger partial charge >= 0.3 is 12.2 Å². The molecule has 0 spiro atoms. The van der Waals surface area contributed by atoms with Crippen molar-refractivity contribution in [3.63, 3.8) is 0 Å². The highest BCUT2D eigenvalue weighted by atomic mass is 19.4. The number of benzene rings is 1. The lowest BCUT2D eigenvalue weighted by Gasteiger charge is -2.42. The smallest absolute Gasteiger partial charge is 0.421 e. The molecular weight excluding hydrogens is 387 g/mol. The molecule has 0 radical (unpaired) electrons. The predicted molar refractivity (Wildman–Crippen MR) is 96.3 cm³/mol. The summed E-state index contributed by atoms with van der Waals surface area (Å²) in [6.07, 6.45) is -1.97. The number of nitrogens with zero attached hydrogens (tertiary/aromatic N) is 4. The number of halogens is 3. The van der Waals surface area contributed by atoms with E-state index in [4.69, 9.17) is 4.74 Å². The largest absolute Gasteiger partial charge is 0.497 e. The molecule has 10 heteroatoms. The molecular formula is C19H18F3N5O2. The number of carbonyl (C=O) groups excluding carboxylic acids is 1. The number of fused-ring (bicyclic) bond motifs is 3. The summed E-state index contributed by atoms with van der Waals surface area (Å²) in [5, 5.41) is 17.0. The first-order valence-corrected chi connectivity index (χ1v) is 9.17. The zero-order chi connectivity index (χ0) is 20.8. The van der Waals surface area contributed by atoms with Gasteiger partial charge in [0.15, 0.2) is 5.82 Å². The quantitative estimate of drug-likeness (QED) is 0.818. The molecule has 3 heterocycles. The molecule has 1 N–H and O–H groups in total. The molecule has 1 aromatic carbocycles. The minimum atomic E-state index is -4.96. The van der Waals surface area contributed by atoms with Crippen LogP contribution in [0, 0.1) is 11.3 Å². The second-order valence-corrected chi connectivity index (χ2v) is 7.01. The standard InChI is InChI=1S/C19H18F3N5O2/c1-29-13-8-6-12(7-9-13)18(19(20,21)22)14(11-23)16-26-10-4-2-3-5-15(26)25-27(16)17(28)24-18/h6-9H,2-5,10H2,1H3,(H,24,28)/t18-/m0/s1. The van der Waals surface area contributed by atoms with E-state index < -0.39 is 23.3 Å². The maximum absolute atomic E-state index is 14.5. The summed E-state index contributed by atoms with van der Waals surface area (Å²) in [6.45, 7) is 0.402. The van der Waals surface area contributed by atoms with Crippen molar-refractivity contribution in [1.29, 1.82) is 5.26 Å². The lowest BCUT2D eigenvalue weighted by Crippen LogP contribution is -2.63. The molecule has 0 aromatic heterocycles. The van der Waals surface area contributed by atoms with Gasteiger partial charge in [-0.15, -0.1) is 5.10 Å². The molecule has 3 aliphatic rings. The summed E-state index contributed by atoms with van der Waals surface area (Å²) in [7, 11) is 1.40. The van der Waals surface area contributed by atoms with Crippen LogP contribution in [0.3, 0.4) is 0 Å². The van der Waals surface area contributed by atoms with Crippen LogP contribution in [0.4, 0.5) is 18.0 Å². The van der Waals surface area contributed by atoms with Crippen LogP contribution in [0.25, 0.3) is 0 Å². The van der Waals surface area contributed by atoms with Crippen LogP contribution in [0.2, 0.25) is 0 Å². The molecule has 0 unspecified atom stereocenters. The van der Waals surface area contributed by atoms with E-state index in [1.807, 2.05) is 5.32 Å². The highest BCUT2D eigenvalue weighted by Gasteiger charge is 2.65. The number of carbonyl (C=O) groups is 1. The Morgan fingerprint density at radius 2 is 1.97 bits per heavy atom. The number of amidine groups is 1. The highest BCUT2D eigenvalue weighted by Crippen LogP contribution is 2.49. The van der Waals surface area contributed by atoms with Gasteiger partial charge < -0.3 is 15.0 Å². The van der Waals surface area contributed by atoms with Crippen molar-refractivity contribution in [2.75, 3.05) is 13.7 Å². The van der Waals surface area contributed by atoms with Gasteiger partial charge in [0.1, 0.15) is 23.2 Å². The number of alkyl halides is 3. The van der Waals surface area contributed by atoms with Gasteiger partial charge in [-0.3, -0.25) is 0 Å². The van der Waals surface area contributed by atoms with Crippen LogP contribution >= 0.6 is 0 Å². The molecule has 0 saturated carbocycles. The topological polar surface area (TPSA) is 81.0 Å². The third-order valence-electron chi connectivity index (χ3n) is 5.41. The second-order valence-electron chi connectivity index (χ2n) is 7.01. The van der Waals surface area contributed by atoms with Crippen molar-refractivity contribution in [2.45, 2.75) is 37.4 Å². The van der Waals surface area contributed by atoms with Gasteiger partial charge in [-0.25, -0.2) is 4.79 Å². The monoisotopic (exact) mass is 405 g/mol. The first kappa shape index (κ1) is 19.1. The van der Waals surface area contributed by atoms with Crippen molar-refractivity contribution in [2.24, 2.45) is 5.10 Å². The maximum Gasteiger partial charge on any atom is 0.421 e. The Morgan fingerprint density at radius 1 is 1.24 bits per heavy atom. The first-order chi connectivity index (χ1) is 13.8. The van der Waals surface area contributed by atoms with Crippen molar-refractivity contribution in [3.8, 4) is 11.8 Å². The summed E-state index contributed by atoms with van der Waals surface area (Å²) in [6, 6.07) is 5.85. The number of methoxy groups -OCH3 is 1. The van der Waals surface area contributed by atoms with Gasteiger partial charge in [-0.1, -0.05) is 18.6 Å². The molecule has 0 bridgehead atoms. The number of urea groups is 1. The lowest BCUT2D eigenvalue weighted by molar-refractivity contribution is -0.186. The molecule has 1 atom stereocenters. The van der Waals surface area contributed by atoms with Crippen LogP contribution < -0.4 is 10.1 Å². The number of hydrogen-bond donors (Lipinski definition) is 1. The fraction of sp³-hybridized carbons (Fsp3) is 0.421. The highest BCUT2D eigenvalue weighted by molar-refractivity contribution is 5.92. The Balaban J connectivity index is 1.97. The molecule has 2 amide bonds. The van der Waals surface area contributed by atoms with E-state index in [-0.39, 0.29) is 11.4 Å². The minimum Gasteiger partial charge on any atom is -0.497 e. The first-order valence-electron chi connectivity index (χ1n) is 9.17. The van der Waals surface area contributed by atoms with E-state index >= 15 is 0 Å². The van der Waals surface area contributed by atoms with E-state index in [1.165, 1.54) is 31.4 Å². The van der Waals surface area contributed by atoms with Crippen LogP contribution in [0.5, 0.6) is 5.75 Å². The fourth-order valence-electron chi connectivity index (χ4n) is 4.00. The van der Waals surface area contributed by atoms with Gasteiger partial charge in [0, 0.05) is 13.0 Å². The van der Waals surface area contributed by atoms with E-state index in [0.717, 1.165) is 24.3 Å². The van der Waals surface area contributed by atoms with Crippen molar-refractivity contribution in [1.82, 2.24) is 15.2 Å². The molecule has 152 valence electrons. The molecule has 1 aromatic rings. The van der Waals surface area contributed by atoms with Crippen LogP contribution in [0.15, 0.2) is 40.8 Å². The van der Waals surface area contributed by atoms with E-state index in [2.05, 4.69) is 5.10 Å². The number of ether oxygens (including phenoxy) is 1. The second kappa shape index (κ2) is 6.69. The van der Waals surface area contributed by atoms with Gasteiger partial charge in [0.05, 0.1) is 7.11 Å². The molecule has 29 heavy (non-hydrogen) atoms. The number of amides is 2. The van der Waals surface area contributed by atoms with Crippen LogP contribution in [-0.4, -0.2) is 41.6 Å². The summed E-state index contributed by atoms with van der Waals surface area (Å²) < 4.78 is 48.6. The third kappa shape index (κ3) is 2.72. The lowest BCUT2D eigenvalue weighted by atomic mass is 9.80. The molecule has 3 aliphatic heterocycles. The SMILES string of the molecule is COc1ccc([C@]2(C(F)(F)F)NC(=O)N3N=C4CCCCCN4C3=C2C#N)cc1. The van der Waals surface area contributed by atoms with Gasteiger partial charge in [0.25, 0.3) is 0 Å². The zero-order valence-electron chi connectivity index (χ0n) is 15.6. The molecule has 4 rings (SSSR count).